The van der Waals surface area contributed by atoms with E-state index in [1.165, 1.54) is 12.1 Å². The summed E-state index contributed by atoms with van der Waals surface area (Å²) in [5, 5.41) is 22.3. The average molecular weight is 426 g/mol. The molecule has 1 heterocycles. The first kappa shape index (κ1) is 21.9. The van der Waals surface area contributed by atoms with E-state index in [1.807, 2.05) is 0 Å². The Labute approximate surface area is 178 Å². The van der Waals surface area contributed by atoms with Crippen molar-refractivity contribution in [3.05, 3.63) is 78.9 Å². The van der Waals surface area contributed by atoms with Gasteiger partial charge < -0.3 is 9.80 Å². The zero-order chi connectivity index (χ0) is 22.7. The van der Waals surface area contributed by atoms with Crippen LogP contribution in [0.4, 0.5) is 11.4 Å². The summed E-state index contributed by atoms with van der Waals surface area (Å²) in [6, 6.07) is 8.76. The van der Waals surface area contributed by atoms with Crippen LogP contribution in [0.2, 0.25) is 0 Å². The van der Waals surface area contributed by atoms with Gasteiger partial charge in [-0.2, -0.15) is 0 Å². The van der Waals surface area contributed by atoms with E-state index < -0.39 is 9.85 Å². The summed E-state index contributed by atoms with van der Waals surface area (Å²) in [5.74, 6) is -0.660. The van der Waals surface area contributed by atoms with Gasteiger partial charge in [0.25, 0.3) is 23.2 Å². The van der Waals surface area contributed by atoms with Crippen LogP contribution in [0, 0.1) is 34.1 Å². The molecular formula is C21H22N4O6. The summed E-state index contributed by atoms with van der Waals surface area (Å²) >= 11 is 0. The summed E-state index contributed by atoms with van der Waals surface area (Å²) < 4.78 is 0. The van der Waals surface area contributed by atoms with Gasteiger partial charge in [0.1, 0.15) is 0 Å². The smallest absolute Gasteiger partial charge is 0.273 e. The lowest BCUT2D eigenvalue weighted by Gasteiger charge is -2.22. The number of hydrogen-bond donors (Lipinski definition) is 0. The van der Waals surface area contributed by atoms with E-state index in [0.29, 0.717) is 30.6 Å². The molecule has 2 aromatic rings. The number of benzene rings is 2. The largest absolute Gasteiger partial charge is 0.337 e. The van der Waals surface area contributed by atoms with E-state index in [2.05, 4.69) is 0 Å². The molecule has 10 heteroatoms. The molecule has 0 N–H and O–H groups in total. The van der Waals surface area contributed by atoms with Crippen molar-refractivity contribution in [2.45, 2.75) is 20.3 Å². The minimum Gasteiger partial charge on any atom is -0.337 e. The van der Waals surface area contributed by atoms with Crippen LogP contribution in [0.15, 0.2) is 36.4 Å². The number of carbonyl (C=O) groups excluding carboxylic acids is 2. The highest BCUT2D eigenvalue weighted by Gasteiger charge is 2.26. The third-order valence-corrected chi connectivity index (χ3v) is 5.38. The molecular weight excluding hydrogens is 404 g/mol. The first-order chi connectivity index (χ1) is 14.7. The molecule has 0 unspecified atom stereocenters. The molecule has 31 heavy (non-hydrogen) atoms. The maximum Gasteiger partial charge on any atom is 0.273 e. The van der Waals surface area contributed by atoms with Crippen LogP contribution in [0.5, 0.6) is 0 Å². The van der Waals surface area contributed by atoms with Gasteiger partial charge >= 0.3 is 0 Å². The number of hydrogen-bond acceptors (Lipinski definition) is 6. The highest BCUT2D eigenvalue weighted by atomic mass is 16.6. The summed E-state index contributed by atoms with van der Waals surface area (Å²) in [7, 11) is 0. The molecule has 0 spiro atoms. The van der Waals surface area contributed by atoms with Gasteiger partial charge in [-0.15, -0.1) is 0 Å². The Hall–Kier alpha value is -3.82. The number of carbonyl (C=O) groups is 2. The molecule has 0 aromatic heterocycles. The fourth-order valence-corrected chi connectivity index (χ4v) is 3.57. The summed E-state index contributed by atoms with van der Waals surface area (Å²) in [6.07, 6.45) is 0.527. The fourth-order valence-electron chi connectivity index (χ4n) is 3.57. The number of nitro benzene ring substituents is 2. The minimum absolute atomic E-state index is 0.113. The van der Waals surface area contributed by atoms with Crippen LogP contribution in [0.25, 0.3) is 0 Å². The Morgan fingerprint density at radius 1 is 0.742 bits per heavy atom. The monoisotopic (exact) mass is 426 g/mol. The summed E-state index contributed by atoms with van der Waals surface area (Å²) in [4.78, 5) is 50.2. The van der Waals surface area contributed by atoms with Crippen LogP contribution in [-0.4, -0.2) is 57.6 Å². The topological polar surface area (TPSA) is 127 Å². The van der Waals surface area contributed by atoms with E-state index in [0.717, 1.165) is 0 Å². The molecule has 2 amide bonds. The molecule has 162 valence electrons. The lowest BCUT2D eigenvalue weighted by atomic mass is 10.1. The quantitative estimate of drug-likeness (QED) is 0.546. The standard InChI is InChI=1S/C21H22N4O6/c1-14-4-6-16(12-18(14)24(28)29)20(26)22-8-3-9-23(11-10-22)21(27)17-7-5-15(2)19(13-17)25(30)31/h4-7,12-13H,3,8-11H2,1-2H3. The molecule has 0 radical (unpaired) electrons. The van der Waals surface area contributed by atoms with Crippen molar-refractivity contribution in [2.24, 2.45) is 0 Å². The Morgan fingerprint density at radius 2 is 1.13 bits per heavy atom. The Morgan fingerprint density at radius 3 is 1.48 bits per heavy atom. The van der Waals surface area contributed by atoms with E-state index >= 15 is 0 Å². The minimum atomic E-state index is -0.518. The predicted molar refractivity (Wildman–Crippen MR) is 112 cm³/mol. The fraction of sp³-hybridized carbons (Fsp3) is 0.333. The SMILES string of the molecule is Cc1ccc(C(=O)N2CCCN(C(=O)c3ccc(C)c([N+](=O)[O-])c3)CC2)cc1[N+](=O)[O-]. The average Bonchev–Trinajstić information content (AvgIpc) is 2.99. The zero-order valence-corrected chi connectivity index (χ0v) is 17.2. The molecule has 1 fully saturated rings. The highest BCUT2D eigenvalue weighted by Crippen LogP contribution is 2.22. The highest BCUT2D eigenvalue weighted by molar-refractivity contribution is 5.96. The number of rotatable bonds is 4. The maximum absolute atomic E-state index is 12.9. The van der Waals surface area contributed by atoms with Gasteiger partial charge in [0.05, 0.1) is 9.85 Å². The van der Waals surface area contributed by atoms with E-state index in [-0.39, 0.29) is 47.4 Å². The van der Waals surface area contributed by atoms with Crippen molar-refractivity contribution in [1.29, 1.82) is 0 Å². The molecule has 10 nitrogen and oxygen atoms in total. The molecule has 1 aliphatic rings. The van der Waals surface area contributed by atoms with Gasteiger partial charge in [-0.05, 0) is 32.4 Å². The van der Waals surface area contributed by atoms with E-state index in [4.69, 9.17) is 0 Å². The first-order valence-corrected chi connectivity index (χ1v) is 9.77. The molecule has 3 rings (SSSR count). The lowest BCUT2D eigenvalue weighted by molar-refractivity contribution is -0.385. The second-order valence-electron chi connectivity index (χ2n) is 7.45. The molecule has 0 aliphatic carbocycles. The second-order valence-corrected chi connectivity index (χ2v) is 7.45. The molecule has 1 aliphatic heterocycles. The van der Waals surface area contributed by atoms with Crippen molar-refractivity contribution in [3.8, 4) is 0 Å². The maximum atomic E-state index is 12.9. The van der Waals surface area contributed by atoms with Crippen molar-refractivity contribution >= 4 is 23.2 Å². The van der Waals surface area contributed by atoms with Gasteiger partial charge in [-0.3, -0.25) is 29.8 Å². The molecule has 2 aromatic carbocycles. The van der Waals surface area contributed by atoms with Crippen LogP contribution >= 0.6 is 0 Å². The van der Waals surface area contributed by atoms with Crippen molar-refractivity contribution in [3.63, 3.8) is 0 Å². The molecule has 0 saturated carbocycles. The Bertz CT molecular complexity index is 984. The van der Waals surface area contributed by atoms with Crippen molar-refractivity contribution < 1.29 is 19.4 Å². The predicted octanol–water partition coefficient (Wildman–Crippen LogP) is 3.11. The molecule has 0 bridgehead atoms. The third kappa shape index (κ3) is 4.68. The number of nitro groups is 2. The number of amides is 2. The van der Waals surface area contributed by atoms with Gasteiger partial charge in [0.2, 0.25) is 0 Å². The van der Waals surface area contributed by atoms with Gasteiger partial charge in [-0.1, -0.05) is 12.1 Å². The van der Waals surface area contributed by atoms with Gasteiger partial charge in [-0.25, -0.2) is 0 Å². The molecule has 1 saturated heterocycles. The van der Waals surface area contributed by atoms with Gasteiger partial charge in [0, 0.05) is 60.6 Å². The number of aryl methyl sites for hydroxylation is 2. The summed E-state index contributed by atoms with van der Waals surface area (Å²) in [5.41, 5.74) is 1.18. The Balaban J connectivity index is 1.73. The summed E-state index contributed by atoms with van der Waals surface area (Å²) in [6.45, 7) is 4.55. The normalized spacial score (nSPS) is 14.1. The van der Waals surface area contributed by atoms with Crippen molar-refractivity contribution in [1.82, 2.24) is 9.80 Å². The second kappa shape index (κ2) is 8.90. The van der Waals surface area contributed by atoms with Gasteiger partial charge in [0.15, 0.2) is 0 Å². The van der Waals surface area contributed by atoms with Crippen LogP contribution in [0.1, 0.15) is 38.3 Å². The Kier molecular flexibility index (Phi) is 6.28. The van der Waals surface area contributed by atoms with Crippen LogP contribution < -0.4 is 0 Å². The van der Waals surface area contributed by atoms with Crippen molar-refractivity contribution in [2.75, 3.05) is 26.2 Å². The van der Waals surface area contributed by atoms with Crippen LogP contribution in [-0.2, 0) is 0 Å². The first-order valence-electron chi connectivity index (χ1n) is 9.77. The third-order valence-electron chi connectivity index (χ3n) is 5.38. The zero-order valence-electron chi connectivity index (χ0n) is 17.2. The molecule has 0 atom stereocenters. The number of nitrogens with zero attached hydrogens (tertiary/aromatic N) is 4. The lowest BCUT2D eigenvalue weighted by Crippen LogP contribution is -2.37. The van der Waals surface area contributed by atoms with E-state index in [9.17, 15) is 29.8 Å². The van der Waals surface area contributed by atoms with E-state index in [1.54, 1.807) is 47.9 Å². The van der Waals surface area contributed by atoms with Crippen LogP contribution in [0.3, 0.4) is 0 Å².